The van der Waals surface area contributed by atoms with E-state index in [1.807, 2.05) is 6.07 Å². The summed E-state index contributed by atoms with van der Waals surface area (Å²) in [5.74, 6) is 1.73. The average molecular weight is 282 g/mol. The van der Waals surface area contributed by atoms with Crippen molar-refractivity contribution in [3.05, 3.63) is 47.7 Å². The summed E-state index contributed by atoms with van der Waals surface area (Å²) in [7, 11) is 0. The summed E-state index contributed by atoms with van der Waals surface area (Å²) in [6.45, 7) is 1.01. The number of aromatic amines is 1. The first-order valence-corrected chi connectivity index (χ1v) is 7.95. The lowest BCUT2D eigenvalue weighted by atomic mass is 9.75. The maximum absolute atomic E-state index is 3.97. The van der Waals surface area contributed by atoms with Crippen molar-refractivity contribution in [1.82, 2.24) is 15.5 Å². The second-order valence-electron chi connectivity index (χ2n) is 6.38. The van der Waals surface area contributed by atoms with Gasteiger partial charge in [0.1, 0.15) is 5.82 Å². The zero-order valence-corrected chi connectivity index (χ0v) is 12.2. The van der Waals surface area contributed by atoms with E-state index in [1.54, 1.807) is 6.20 Å². The van der Waals surface area contributed by atoms with Crippen molar-refractivity contribution in [3.63, 3.8) is 0 Å². The molecular weight excluding hydrogens is 260 g/mol. The number of hydrogen-bond acceptors (Lipinski definition) is 3. The SMILES string of the molecule is c1cc(CNC2CC2)cc(C2CC(Nc3ccn[nH]3)C2)c1. The molecule has 0 amide bonds. The predicted octanol–water partition coefficient (Wildman–Crippen LogP) is 3.02. The molecular formula is C17H22N4. The summed E-state index contributed by atoms with van der Waals surface area (Å²) >= 11 is 0. The fourth-order valence-electron chi connectivity index (χ4n) is 3.07. The van der Waals surface area contributed by atoms with Gasteiger partial charge in [-0.15, -0.1) is 0 Å². The molecule has 0 bridgehead atoms. The molecule has 1 aromatic carbocycles. The minimum Gasteiger partial charge on any atom is -0.368 e. The molecule has 0 saturated heterocycles. The molecule has 1 aromatic heterocycles. The molecule has 0 unspecified atom stereocenters. The number of nitrogens with zero attached hydrogens (tertiary/aromatic N) is 1. The van der Waals surface area contributed by atoms with Crippen LogP contribution in [0.2, 0.25) is 0 Å². The summed E-state index contributed by atoms with van der Waals surface area (Å²) < 4.78 is 0. The average Bonchev–Trinajstić information content (AvgIpc) is 3.15. The number of H-pyrrole nitrogens is 1. The van der Waals surface area contributed by atoms with E-state index < -0.39 is 0 Å². The first-order valence-electron chi connectivity index (χ1n) is 7.95. The van der Waals surface area contributed by atoms with E-state index in [2.05, 4.69) is 45.1 Å². The van der Waals surface area contributed by atoms with Crippen LogP contribution in [-0.4, -0.2) is 22.3 Å². The van der Waals surface area contributed by atoms with E-state index in [1.165, 1.54) is 36.8 Å². The van der Waals surface area contributed by atoms with Crippen molar-refractivity contribution in [2.45, 2.75) is 50.2 Å². The monoisotopic (exact) mass is 282 g/mol. The Labute approximate surface area is 125 Å². The zero-order valence-electron chi connectivity index (χ0n) is 12.2. The number of rotatable bonds is 6. The molecule has 2 aromatic rings. The van der Waals surface area contributed by atoms with Crippen molar-refractivity contribution in [1.29, 1.82) is 0 Å². The van der Waals surface area contributed by atoms with Gasteiger partial charge in [0.25, 0.3) is 0 Å². The Balaban J connectivity index is 1.31. The summed E-state index contributed by atoms with van der Waals surface area (Å²) in [5, 5.41) is 14.0. The summed E-state index contributed by atoms with van der Waals surface area (Å²) in [4.78, 5) is 0. The van der Waals surface area contributed by atoms with Crippen LogP contribution in [-0.2, 0) is 6.54 Å². The van der Waals surface area contributed by atoms with Crippen LogP contribution in [0, 0.1) is 0 Å². The third-order valence-corrected chi connectivity index (χ3v) is 4.59. The molecule has 2 aliphatic rings. The van der Waals surface area contributed by atoms with E-state index in [9.17, 15) is 0 Å². The highest BCUT2D eigenvalue weighted by atomic mass is 15.2. The van der Waals surface area contributed by atoms with Crippen LogP contribution >= 0.6 is 0 Å². The van der Waals surface area contributed by atoms with E-state index >= 15 is 0 Å². The Morgan fingerprint density at radius 3 is 2.81 bits per heavy atom. The minimum atomic E-state index is 0.573. The first kappa shape index (κ1) is 12.9. The molecule has 0 spiro atoms. The molecule has 2 saturated carbocycles. The number of aromatic nitrogens is 2. The molecule has 4 rings (SSSR count). The molecule has 0 atom stereocenters. The van der Waals surface area contributed by atoms with Gasteiger partial charge in [-0.1, -0.05) is 24.3 Å². The molecule has 110 valence electrons. The standard InChI is InChI=1S/C17H22N4/c1-2-12(11-18-15-4-5-15)8-13(3-1)14-9-16(10-14)20-17-6-7-19-21-17/h1-3,6-8,14-16,18H,4-5,9-11H2,(H2,19,20,21). The molecule has 0 radical (unpaired) electrons. The van der Waals surface area contributed by atoms with Gasteiger partial charge in [0, 0.05) is 18.6 Å². The first-order chi connectivity index (χ1) is 10.4. The van der Waals surface area contributed by atoms with Crippen LogP contribution in [0.3, 0.4) is 0 Å². The molecule has 2 fully saturated rings. The van der Waals surface area contributed by atoms with Crippen molar-refractivity contribution in [2.24, 2.45) is 0 Å². The van der Waals surface area contributed by atoms with E-state index in [0.29, 0.717) is 12.0 Å². The van der Waals surface area contributed by atoms with Crippen LogP contribution in [0.25, 0.3) is 0 Å². The summed E-state index contributed by atoms with van der Waals surface area (Å²) in [6.07, 6.45) is 6.90. The van der Waals surface area contributed by atoms with Crippen LogP contribution in [0.15, 0.2) is 36.5 Å². The van der Waals surface area contributed by atoms with Crippen LogP contribution in [0.4, 0.5) is 5.82 Å². The maximum atomic E-state index is 3.97. The lowest BCUT2D eigenvalue weighted by Crippen LogP contribution is -2.34. The van der Waals surface area contributed by atoms with E-state index in [0.717, 1.165) is 18.4 Å². The molecule has 3 N–H and O–H groups in total. The quantitative estimate of drug-likeness (QED) is 0.763. The second kappa shape index (κ2) is 5.53. The van der Waals surface area contributed by atoms with Crippen LogP contribution in [0.5, 0.6) is 0 Å². The van der Waals surface area contributed by atoms with Gasteiger partial charge in [-0.05, 0) is 48.8 Å². The Bertz CT molecular complexity index is 583. The zero-order chi connectivity index (χ0) is 14.1. The number of hydrogen-bond donors (Lipinski definition) is 3. The van der Waals surface area contributed by atoms with Gasteiger partial charge in [0.05, 0.1) is 6.20 Å². The highest BCUT2D eigenvalue weighted by Crippen LogP contribution is 2.38. The lowest BCUT2D eigenvalue weighted by molar-refractivity contribution is 0.373. The second-order valence-corrected chi connectivity index (χ2v) is 6.38. The van der Waals surface area contributed by atoms with Gasteiger partial charge >= 0.3 is 0 Å². The summed E-state index contributed by atoms with van der Waals surface area (Å²) in [6, 6.07) is 12.4. The maximum Gasteiger partial charge on any atom is 0.121 e. The third kappa shape index (κ3) is 3.10. The number of nitrogens with one attached hydrogen (secondary N) is 3. The Morgan fingerprint density at radius 1 is 1.14 bits per heavy atom. The number of anilines is 1. The lowest BCUT2D eigenvalue weighted by Gasteiger charge is -2.36. The minimum absolute atomic E-state index is 0.573. The molecule has 1 heterocycles. The molecule has 4 nitrogen and oxygen atoms in total. The largest absolute Gasteiger partial charge is 0.368 e. The Hall–Kier alpha value is -1.81. The number of benzene rings is 1. The van der Waals surface area contributed by atoms with Gasteiger partial charge in [0.2, 0.25) is 0 Å². The highest BCUT2D eigenvalue weighted by molar-refractivity contribution is 5.36. The highest BCUT2D eigenvalue weighted by Gasteiger charge is 2.30. The molecule has 4 heteroatoms. The Kier molecular flexibility index (Phi) is 3.39. The van der Waals surface area contributed by atoms with Crippen molar-refractivity contribution in [2.75, 3.05) is 5.32 Å². The van der Waals surface area contributed by atoms with Crippen LogP contribution in [0.1, 0.15) is 42.7 Å². The van der Waals surface area contributed by atoms with Gasteiger partial charge < -0.3 is 10.6 Å². The third-order valence-electron chi connectivity index (χ3n) is 4.59. The van der Waals surface area contributed by atoms with Crippen LogP contribution < -0.4 is 10.6 Å². The van der Waals surface area contributed by atoms with Gasteiger partial charge in [-0.2, -0.15) is 5.10 Å². The van der Waals surface area contributed by atoms with E-state index in [4.69, 9.17) is 0 Å². The predicted molar refractivity (Wildman–Crippen MR) is 84.3 cm³/mol. The van der Waals surface area contributed by atoms with E-state index in [-0.39, 0.29) is 0 Å². The van der Waals surface area contributed by atoms with Crippen molar-refractivity contribution >= 4 is 5.82 Å². The molecule has 21 heavy (non-hydrogen) atoms. The molecule has 0 aliphatic heterocycles. The van der Waals surface area contributed by atoms with Gasteiger partial charge in [-0.3, -0.25) is 5.10 Å². The normalized spacial score (nSPS) is 24.6. The smallest absolute Gasteiger partial charge is 0.121 e. The molecule has 2 aliphatic carbocycles. The fourth-order valence-corrected chi connectivity index (χ4v) is 3.07. The van der Waals surface area contributed by atoms with Crippen molar-refractivity contribution < 1.29 is 0 Å². The van der Waals surface area contributed by atoms with Gasteiger partial charge in [0.15, 0.2) is 0 Å². The Morgan fingerprint density at radius 2 is 2.05 bits per heavy atom. The van der Waals surface area contributed by atoms with Gasteiger partial charge in [-0.25, -0.2) is 0 Å². The van der Waals surface area contributed by atoms with Crippen molar-refractivity contribution in [3.8, 4) is 0 Å². The fraction of sp³-hybridized carbons (Fsp3) is 0.471. The topological polar surface area (TPSA) is 52.7 Å². The summed E-state index contributed by atoms with van der Waals surface area (Å²) in [5.41, 5.74) is 2.91.